The topological polar surface area (TPSA) is 76.3 Å². The molecule has 0 bridgehead atoms. The number of fused-ring (bicyclic) bond motifs is 2. The van der Waals surface area contributed by atoms with Gasteiger partial charge in [0.1, 0.15) is 11.6 Å². The number of ether oxygens (including phenoxy) is 2. The van der Waals surface area contributed by atoms with E-state index in [4.69, 9.17) is 9.47 Å². The summed E-state index contributed by atoms with van der Waals surface area (Å²) in [6.45, 7) is 4.70. The van der Waals surface area contributed by atoms with Crippen LogP contribution in [0, 0.1) is 11.3 Å². The predicted molar refractivity (Wildman–Crippen MR) is 110 cm³/mol. The smallest absolute Gasteiger partial charge is 0.262 e. The van der Waals surface area contributed by atoms with E-state index < -0.39 is 5.91 Å². The number of hydrogen-bond donors (Lipinski definition) is 1. The Hall–Kier alpha value is -3.72. The molecule has 29 heavy (non-hydrogen) atoms. The SMILES string of the molecule is CC(C)n1cc(/C=C(\C#N)C(=O)NCc2ccc3c(c2)OCO3)c2ccccc21. The van der Waals surface area contributed by atoms with Crippen LogP contribution >= 0.6 is 0 Å². The van der Waals surface area contributed by atoms with Crippen LogP contribution in [0.1, 0.15) is 31.0 Å². The zero-order valence-electron chi connectivity index (χ0n) is 16.3. The van der Waals surface area contributed by atoms with E-state index in [1.54, 1.807) is 6.08 Å². The molecule has 0 unspecified atom stereocenters. The molecule has 3 aromatic rings. The lowest BCUT2D eigenvalue weighted by molar-refractivity contribution is -0.117. The average molecular weight is 387 g/mol. The highest BCUT2D eigenvalue weighted by molar-refractivity contribution is 6.04. The van der Waals surface area contributed by atoms with Crippen molar-refractivity contribution in [1.29, 1.82) is 5.26 Å². The summed E-state index contributed by atoms with van der Waals surface area (Å²) in [6, 6.07) is 15.8. The average Bonchev–Trinajstić information content (AvgIpc) is 3.34. The van der Waals surface area contributed by atoms with Gasteiger partial charge in [-0.2, -0.15) is 5.26 Å². The number of nitriles is 1. The van der Waals surface area contributed by atoms with Crippen molar-refractivity contribution < 1.29 is 14.3 Å². The van der Waals surface area contributed by atoms with Crippen LogP contribution in [0.15, 0.2) is 54.2 Å². The summed E-state index contributed by atoms with van der Waals surface area (Å²) in [4.78, 5) is 12.6. The third-order valence-electron chi connectivity index (χ3n) is 4.88. The summed E-state index contributed by atoms with van der Waals surface area (Å²) in [7, 11) is 0. The monoisotopic (exact) mass is 387 g/mol. The number of hydrogen-bond acceptors (Lipinski definition) is 4. The van der Waals surface area contributed by atoms with Gasteiger partial charge < -0.3 is 19.4 Å². The summed E-state index contributed by atoms with van der Waals surface area (Å²) in [5.74, 6) is 0.945. The van der Waals surface area contributed by atoms with Gasteiger partial charge in [0.15, 0.2) is 11.5 Å². The summed E-state index contributed by atoms with van der Waals surface area (Å²) in [5.41, 5.74) is 2.87. The third kappa shape index (κ3) is 3.67. The molecule has 1 aromatic heterocycles. The largest absolute Gasteiger partial charge is 0.454 e. The van der Waals surface area contributed by atoms with Gasteiger partial charge in [-0.15, -0.1) is 0 Å². The molecule has 0 fully saturated rings. The number of nitrogens with one attached hydrogen (secondary N) is 1. The molecule has 0 radical (unpaired) electrons. The van der Waals surface area contributed by atoms with Crippen molar-refractivity contribution in [3.05, 3.63) is 65.4 Å². The van der Waals surface area contributed by atoms with Gasteiger partial charge in [-0.05, 0) is 43.7 Å². The lowest BCUT2D eigenvalue weighted by Gasteiger charge is -2.08. The summed E-state index contributed by atoms with van der Waals surface area (Å²) >= 11 is 0. The van der Waals surface area contributed by atoms with Crippen LogP contribution in [0.4, 0.5) is 0 Å². The van der Waals surface area contributed by atoms with Crippen molar-refractivity contribution in [2.45, 2.75) is 26.4 Å². The molecule has 1 aliphatic rings. The van der Waals surface area contributed by atoms with E-state index in [1.807, 2.05) is 54.7 Å². The van der Waals surface area contributed by atoms with Crippen LogP contribution in [0.25, 0.3) is 17.0 Å². The molecule has 1 aliphatic heterocycles. The molecule has 0 saturated heterocycles. The molecule has 0 saturated carbocycles. The molecular weight excluding hydrogens is 366 g/mol. The van der Waals surface area contributed by atoms with Gasteiger partial charge in [0, 0.05) is 35.2 Å². The second-order valence-corrected chi connectivity index (χ2v) is 7.14. The van der Waals surface area contributed by atoms with Crippen LogP contribution in [0.3, 0.4) is 0 Å². The van der Waals surface area contributed by atoms with Crippen molar-refractivity contribution in [2.24, 2.45) is 0 Å². The fourth-order valence-corrected chi connectivity index (χ4v) is 3.41. The summed E-state index contributed by atoms with van der Waals surface area (Å²) in [5, 5.41) is 13.4. The fourth-order valence-electron chi connectivity index (χ4n) is 3.41. The van der Waals surface area contributed by atoms with E-state index in [0.29, 0.717) is 18.0 Å². The highest BCUT2D eigenvalue weighted by Gasteiger charge is 2.15. The van der Waals surface area contributed by atoms with Crippen molar-refractivity contribution in [1.82, 2.24) is 9.88 Å². The van der Waals surface area contributed by atoms with E-state index in [1.165, 1.54) is 0 Å². The minimum Gasteiger partial charge on any atom is -0.454 e. The van der Waals surface area contributed by atoms with Crippen LogP contribution in [-0.4, -0.2) is 17.3 Å². The van der Waals surface area contributed by atoms with Crippen LogP contribution in [-0.2, 0) is 11.3 Å². The first-order chi connectivity index (χ1) is 14.1. The number of carbonyl (C=O) groups is 1. The molecule has 4 rings (SSSR count). The number of para-hydroxylation sites is 1. The second-order valence-electron chi connectivity index (χ2n) is 7.14. The first-order valence-electron chi connectivity index (χ1n) is 9.45. The highest BCUT2D eigenvalue weighted by Crippen LogP contribution is 2.32. The minimum atomic E-state index is -0.411. The molecule has 0 atom stereocenters. The Morgan fingerprint density at radius 2 is 2.03 bits per heavy atom. The Morgan fingerprint density at radius 1 is 1.24 bits per heavy atom. The van der Waals surface area contributed by atoms with Gasteiger partial charge in [0.05, 0.1) is 0 Å². The van der Waals surface area contributed by atoms with Crippen LogP contribution < -0.4 is 14.8 Å². The maximum absolute atomic E-state index is 12.6. The van der Waals surface area contributed by atoms with Crippen LogP contribution in [0.2, 0.25) is 0 Å². The van der Waals surface area contributed by atoms with Crippen molar-refractivity contribution in [3.63, 3.8) is 0 Å². The van der Waals surface area contributed by atoms with E-state index >= 15 is 0 Å². The molecule has 1 N–H and O–H groups in total. The quantitative estimate of drug-likeness (QED) is 0.526. The van der Waals surface area contributed by atoms with E-state index in [9.17, 15) is 10.1 Å². The molecular formula is C23H21N3O3. The Kier molecular flexibility index (Phi) is 4.96. The Labute approximate surface area is 169 Å². The van der Waals surface area contributed by atoms with Gasteiger partial charge in [0.25, 0.3) is 5.91 Å². The highest BCUT2D eigenvalue weighted by atomic mass is 16.7. The molecule has 6 nitrogen and oxygen atoms in total. The van der Waals surface area contributed by atoms with Gasteiger partial charge >= 0.3 is 0 Å². The molecule has 2 heterocycles. The first-order valence-corrected chi connectivity index (χ1v) is 9.45. The number of nitrogens with zero attached hydrogens (tertiary/aromatic N) is 2. The van der Waals surface area contributed by atoms with Crippen molar-refractivity contribution in [2.75, 3.05) is 6.79 Å². The standard InChI is InChI=1S/C23H21N3O3/c1-15(2)26-13-18(19-5-3-4-6-20(19)26)10-17(11-24)23(27)25-12-16-7-8-21-22(9-16)29-14-28-21/h3-10,13,15H,12,14H2,1-2H3,(H,25,27)/b17-10+. The Bertz CT molecular complexity index is 1150. The van der Waals surface area contributed by atoms with Gasteiger partial charge in [-0.1, -0.05) is 24.3 Å². The molecule has 1 amide bonds. The lowest BCUT2D eigenvalue weighted by atomic mass is 10.1. The van der Waals surface area contributed by atoms with Gasteiger partial charge in [0.2, 0.25) is 6.79 Å². The summed E-state index contributed by atoms with van der Waals surface area (Å²) in [6.07, 6.45) is 3.63. The Morgan fingerprint density at radius 3 is 2.83 bits per heavy atom. The predicted octanol–water partition coefficient (Wildman–Crippen LogP) is 4.17. The molecule has 0 spiro atoms. The number of amides is 1. The van der Waals surface area contributed by atoms with E-state index in [2.05, 4.69) is 23.7 Å². The first kappa shape index (κ1) is 18.6. The van der Waals surface area contributed by atoms with E-state index in [0.717, 1.165) is 22.0 Å². The minimum absolute atomic E-state index is 0.0670. The van der Waals surface area contributed by atoms with Crippen molar-refractivity contribution >= 4 is 22.9 Å². The molecule has 2 aromatic carbocycles. The number of rotatable bonds is 5. The lowest BCUT2D eigenvalue weighted by Crippen LogP contribution is -2.23. The fraction of sp³-hybridized carbons (Fsp3) is 0.217. The van der Waals surface area contributed by atoms with E-state index in [-0.39, 0.29) is 18.4 Å². The van der Waals surface area contributed by atoms with Crippen molar-refractivity contribution in [3.8, 4) is 17.6 Å². The number of aromatic nitrogens is 1. The molecule has 6 heteroatoms. The van der Waals surface area contributed by atoms with Gasteiger partial charge in [-0.3, -0.25) is 4.79 Å². The molecule has 0 aliphatic carbocycles. The number of benzene rings is 2. The Balaban J connectivity index is 1.56. The zero-order chi connectivity index (χ0) is 20.4. The third-order valence-corrected chi connectivity index (χ3v) is 4.88. The summed E-state index contributed by atoms with van der Waals surface area (Å²) < 4.78 is 12.8. The molecule has 146 valence electrons. The maximum atomic E-state index is 12.6. The van der Waals surface area contributed by atoms with Gasteiger partial charge in [-0.25, -0.2) is 0 Å². The second kappa shape index (κ2) is 7.72. The number of carbonyl (C=O) groups excluding carboxylic acids is 1. The maximum Gasteiger partial charge on any atom is 0.262 e. The normalized spacial score (nSPS) is 13.0. The van der Waals surface area contributed by atoms with Crippen LogP contribution in [0.5, 0.6) is 11.5 Å². The zero-order valence-corrected chi connectivity index (χ0v) is 16.3.